The van der Waals surface area contributed by atoms with Crippen molar-refractivity contribution in [1.82, 2.24) is 15.3 Å². The van der Waals surface area contributed by atoms with Gasteiger partial charge in [-0.3, -0.25) is 9.78 Å². The summed E-state index contributed by atoms with van der Waals surface area (Å²) in [6.45, 7) is 1.65. The number of nitriles is 1. The second kappa shape index (κ2) is 6.88. The first-order valence-electron chi connectivity index (χ1n) is 7.59. The van der Waals surface area contributed by atoms with Gasteiger partial charge in [-0.2, -0.15) is 5.26 Å². The van der Waals surface area contributed by atoms with Crippen LogP contribution in [0.2, 0.25) is 0 Å². The molecule has 1 aliphatic rings. The molecule has 0 aliphatic carbocycles. The van der Waals surface area contributed by atoms with Gasteiger partial charge in [-0.25, -0.2) is 4.98 Å². The molecule has 1 aliphatic heterocycles. The fraction of sp³-hybridized carbons (Fsp3) is 0.294. The van der Waals surface area contributed by atoms with Gasteiger partial charge < -0.3 is 10.2 Å². The summed E-state index contributed by atoms with van der Waals surface area (Å²) in [5.41, 5.74) is 1.01. The van der Waals surface area contributed by atoms with Crippen molar-refractivity contribution in [2.75, 3.05) is 18.0 Å². The van der Waals surface area contributed by atoms with Gasteiger partial charge in [0.25, 0.3) is 5.91 Å². The number of hydrogen-bond donors (Lipinski definition) is 1. The molecule has 0 spiro atoms. The predicted molar refractivity (Wildman–Crippen MR) is 85.9 cm³/mol. The highest BCUT2D eigenvalue weighted by molar-refractivity contribution is 5.92. The van der Waals surface area contributed by atoms with Gasteiger partial charge in [-0.05, 0) is 37.1 Å². The maximum Gasteiger partial charge on any atom is 0.270 e. The van der Waals surface area contributed by atoms with Gasteiger partial charge in [0, 0.05) is 31.5 Å². The Labute approximate surface area is 134 Å². The fourth-order valence-corrected chi connectivity index (χ4v) is 2.65. The van der Waals surface area contributed by atoms with Crippen molar-refractivity contribution < 1.29 is 4.79 Å². The Morgan fingerprint density at radius 2 is 2.04 bits per heavy atom. The number of nitrogens with one attached hydrogen (secondary N) is 1. The normalized spacial score (nSPS) is 15.0. The van der Waals surface area contributed by atoms with Crippen LogP contribution in [-0.2, 0) is 0 Å². The van der Waals surface area contributed by atoms with E-state index in [2.05, 4.69) is 26.3 Å². The molecule has 6 nitrogen and oxygen atoms in total. The molecule has 1 saturated heterocycles. The molecule has 23 heavy (non-hydrogen) atoms. The zero-order chi connectivity index (χ0) is 16.1. The van der Waals surface area contributed by atoms with E-state index >= 15 is 0 Å². The Bertz CT molecular complexity index is 700. The third-order valence-electron chi connectivity index (χ3n) is 3.93. The summed E-state index contributed by atoms with van der Waals surface area (Å²) in [6.07, 6.45) is 4.93. The van der Waals surface area contributed by atoms with E-state index in [9.17, 15) is 4.79 Å². The second-order valence-corrected chi connectivity index (χ2v) is 5.47. The molecule has 0 radical (unpaired) electrons. The topological polar surface area (TPSA) is 81.9 Å². The maximum absolute atomic E-state index is 12.1. The van der Waals surface area contributed by atoms with Crippen LogP contribution in [0.3, 0.4) is 0 Å². The predicted octanol–water partition coefficient (Wildman–Crippen LogP) is 1.75. The molecule has 2 aromatic heterocycles. The first-order chi connectivity index (χ1) is 11.3. The lowest BCUT2D eigenvalue weighted by Crippen LogP contribution is -2.45. The van der Waals surface area contributed by atoms with E-state index in [1.807, 2.05) is 6.07 Å². The van der Waals surface area contributed by atoms with Gasteiger partial charge in [-0.1, -0.05) is 6.07 Å². The van der Waals surface area contributed by atoms with E-state index in [1.54, 1.807) is 36.7 Å². The van der Waals surface area contributed by atoms with Crippen LogP contribution in [0.4, 0.5) is 5.82 Å². The van der Waals surface area contributed by atoms with E-state index in [0.717, 1.165) is 31.7 Å². The Balaban J connectivity index is 1.54. The van der Waals surface area contributed by atoms with Gasteiger partial charge in [0.2, 0.25) is 0 Å². The highest BCUT2D eigenvalue weighted by Crippen LogP contribution is 2.18. The number of hydrogen-bond acceptors (Lipinski definition) is 5. The summed E-state index contributed by atoms with van der Waals surface area (Å²) in [6, 6.07) is 11.2. The van der Waals surface area contributed by atoms with Crippen LogP contribution >= 0.6 is 0 Å². The van der Waals surface area contributed by atoms with E-state index < -0.39 is 0 Å². The van der Waals surface area contributed by atoms with Gasteiger partial charge in [0.1, 0.15) is 17.6 Å². The van der Waals surface area contributed by atoms with Crippen LogP contribution in [-0.4, -0.2) is 35.0 Å². The van der Waals surface area contributed by atoms with Crippen molar-refractivity contribution in [2.45, 2.75) is 18.9 Å². The fourth-order valence-electron chi connectivity index (χ4n) is 2.65. The molecular formula is C17H17N5O. The van der Waals surface area contributed by atoms with Crippen molar-refractivity contribution in [3.05, 3.63) is 54.0 Å². The minimum Gasteiger partial charge on any atom is -0.356 e. The van der Waals surface area contributed by atoms with E-state index in [-0.39, 0.29) is 11.9 Å². The number of carbonyl (C=O) groups is 1. The number of piperidine rings is 1. The lowest BCUT2D eigenvalue weighted by atomic mass is 10.0. The van der Waals surface area contributed by atoms with Crippen LogP contribution in [0.25, 0.3) is 0 Å². The Morgan fingerprint density at radius 3 is 2.65 bits per heavy atom. The quantitative estimate of drug-likeness (QED) is 0.934. The molecule has 6 heteroatoms. The van der Waals surface area contributed by atoms with Crippen LogP contribution in [0.15, 0.2) is 42.7 Å². The number of nitrogens with zero attached hydrogens (tertiary/aromatic N) is 4. The van der Waals surface area contributed by atoms with Crippen molar-refractivity contribution in [3.63, 3.8) is 0 Å². The summed E-state index contributed by atoms with van der Waals surface area (Å²) in [4.78, 5) is 22.7. The molecule has 0 aromatic carbocycles. The number of carbonyl (C=O) groups excluding carboxylic acids is 1. The highest BCUT2D eigenvalue weighted by atomic mass is 16.1. The number of pyridine rings is 2. The summed E-state index contributed by atoms with van der Waals surface area (Å²) in [5.74, 6) is 0.749. The van der Waals surface area contributed by atoms with Gasteiger partial charge in [-0.15, -0.1) is 0 Å². The van der Waals surface area contributed by atoms with Crippen molar-refractivity contribution >= 4 is 11.7 Å². The Hall–Kier alpha value is -2.94. The van der Waals surface area contributed by atoms with Crippen molar-refractivity contribution in [1.29, 1.82) is 5.26 Å². The summed E-state index contributed by atoms with van der Waals surface area (Å²) in [5, 5.41) is 11.8. The van der Waals surface area contributed by atoms with Crippen molar-refractivity contribution in [2.24, 2.45) is 0 Å². The number of anilines is 1. The second-order valence-electron chi connectivity index (χ2n) is 5.47. The molecule has 0 bridgehead atoms. The molecule has 0 atom stereocenters. The highest BCUT2D eigenvalue weighted by Gasteiger charge is 2.22. The number of amides is 1. The molecule has 3 rings (SSSR count). The van der Waals surface area contributed by atoms with Crippen molar-refractivity contribution in [3.8, 4) is 6.07 Å². The largest absolute Gasteiger partial charge is 0.356 e. The van der Waals surface area contributed by atoms with Gasteiger partial charge >= 0.3 is 0 Å². The minimum atomic E-state index is -0.124. The number of rotatable bonds is 3. The van der Waals surface area contributed by atoms with Crippen LogP contribution < -0.4 is 10.2 Å². The molecule has 1 N–H and O–H groups in total. The van der Waals surface area contributed by atoms with Crippen LogP contribution in [0.5, 0.6) is 0 Å². The van der Waals surface area contributed by atoms with Crippen LogP contribution in [0, 0.1) is 11.3 Å². The molecule has 3 heterocycles. The molecule has 1 amide bonds. The summed E-state index contributed by atoms with van der Waals surface area (Å²) >= 11 is 0. The van der Waals surface area contributed by atoms with E-state index in [4.69, 9.17) is 5.26 Å². The third-order valence-corrected chi connectivity index (χ3v) is 3.93. The lowest BCUT2D eigenvalue weighted by Gasteiger charge is -2.33. The van der Waals surface area contributed by atoms with Crippen LogP contribution in [0.1, 0.15) is 28.9 Å². The molecule has 2 aromatic rings. The lowest BCUT2D eigenvalue weighted by molar-refractivity contribution is 0.0926. The van der Waals surface area contributed by atoms with Gasteiger partial charge in [0.05, 0.1) is 5.56 Å². The standard InChI is InChI=1S/C17H17N5O/c18-11-13-4-5-16(20-12-13)22-9-6-14(7-10-22)21-17(23)15-3-1-2-8-19-15/h1-5,8,12,14H,6-7,9-10H2,(H,21,23). The van der Waals surface area contributed by atoms with Gasteiger partial charge in [0.15, 0.2) is 0 Å². The monoisotopic (exact) mass is 307 g/mol. The smallest absolute Gasteiger partial charge is 0.270 e. The molecule has 0 unspecified atom stereocenters. The first kappa shape index (κ1) is 15.0. The Morgan fingerprint density at radius 1 is 1.22 bits per heavy atom. The summed E-state index contributed by atoms with van der Waals surface area (Å²) in [7, 11) is 0. The zero-order valence-electron chi connectivity index (χ0n) is 12.6. The maximum atomic E-state index is 12.1. The molecule has 0 saturated carbocycles. The minimum absolute atomic E-state index is 0.124. The molecule has 1 fully saturated rings. The zero-order valence-corrected chi connectivity index (χ0v) is 12.6. The molecule has 116 valence electrons. The van der Waals surface area contributed by atoms with E-state index in [0.29, 0.717) is 11.3 Å². The third kappa shape index (κ3) is 3.64. The van der Waals surface area contributed by atoms with E-state index in [1.165, 1.54) is 0 Å². The average Bonchev–Trinajstić information content (AvgIpc) is 2.63. The first-order valence-corrected chi connectivity index (χ1v) is 7.59. The Kier molecular flexibility index (Phi) is 4.48. The molecular weight excluding hydrogens is 290 g/mol. The average molecular weight is 307 g/mol. The SMILES string of the molecule is N#Cc1ccc(N2CCC(NC(=O)c3ccccn3)CC2)nc1. The number of aromatic nitrogens is 2. The summed E-state index contributed by atoms with van der Waals surface area (Å²) < 4.78 is 0.